The SMILES string of the molecule is CCCCc1cc(-c2c(C(=O)O)cc(C)c(OCC3CO3)c2C)ccc1-c1c(C(=O)O)cc(C)c(OCC2CO2)c1C. The van der Waals surface area contributed by atoms with Crippen LogP contribution in [0.1, 0.15) is 68.3 Å². The number of rotatable bonds is 13. The number of carboxylic acid groups (broad SMARTS) is 2. The molecule has 3 aromatic rings. The summed E-state index contributed by atoms with van der Waals surface area (Å²) in [5, 5.41) is 20.4. The summed E-state index contributed by atoms with van der Waals surface area (Å²) in [4.78, 5) is 24.9. The van der Waals surface area contributed by atoms with Crippen molar-refractivity contribution in [2.24, 2.45) is 0 Å². The molecule has 0 aromatic heterocycles. The second kappa shape index (κ2) is 12.2. The van der Waals surface area contributed by atoms with E-state index in [0.29, 0.717) is 55.5 Å². The summed E-state index contributed by atoms with van der Waals surface area (Å²) in [6.07, 6.45) is 2.67. The van der Waals surface area contributed by atoms with Crippen molar-refractivity contribution in [2.75, 3.05) is 26.4 Å². The lowest BCUT2D eigenvalue weighted by Gasteiger charge is -2.22. The van der Waals surface area contributed by atoms with E-state index in [9.17, 15) is 19.8 Å². The maximum absolute atomic E-state index is 12.5. The molecule has 0 aliphatic carbocycles. The first-order valence-electron chi connectivity index (χ1n) is 14.5. The molecule has 0 bridgehead atoms. The molecule has 0 amide bonds. The van der Waals surface area contributed by atoms with Crippen molar-refractivity contribution in [3.63, 3.8) is 0 Å². The first-order valence-corrected chi connectivity index (χ1v) is 14.5. The number of epoxide rings is 2. The molecular formula is C34H38O8. The fraction of sp³-hybridized carbons (Fsp3) is 0.412. The smallest absolute Gasteiger partial charge is 0.336 e. The summed E-state index contributed by atoms with van der Waals surface area (Å²) in [5.74, 6) is -0.701. The summed E-state index contributed by atoms with van der Waals surface area (Å²) in [5.41, 5.74) is 7.13. The second-order valence-corrected chi connectivity index (χ2v) is 11.3. The van der Waals surface area contributed by atoms with Crippen molar-refractivity contribution in [2.45, 2.75) is 66.1 Å². The molecule has 0 spiro atoms. The summed E-state index contributed by atoms with van der Waals surface area (Å²) in [6, 6.07) is 9.14. The van der Waals surface area contributed by atoms with Crippen molar-refractivity contribution < 1.29 is 38.7 Å². The second-order valence-electron chi connectivity index (χ2n) is 11.3. The van der Waals surface area contributed by atoms with Crippen LogP contribution in [0.2, 0.25) is 0 Å². The summed E-state index contributed by atoms with van der Waals surface area (Å²) in [6.45, 7) is 11.8. The van der Waals surface area contributed by atoms with E-state index in [-0.39, 0.29) is 23.3 Å². The van der Waals surface area contributed by atoms with Gasteiger partial charge in [-0.15, -0.1) is 0 Å². The number of aryl methyl sites for hydroxylation is 3. The van der Waals surface area contributed by atoms with Gasteiger partial charge in [0.15, 0.2) is 0 Å². The van der Waals surface area contributed by atoms with Gasteiger partial charge in [-0.25, -0.2) is 9.59 Å². The minimum absolute atomic E-state index is 0.0673. The fourth-order valence-electron chi connectivity index (χ4n) is 5.68. The highest BCUT2D eigenvalue weighted by atomic mass is 16.6. The quantitative estimate of drug-likeness (QED) is 0.221. The lowest BCUT2D eigenvalue weighted by atomic mass is 9.85. The maximum atomic E-state index is 12.5. The third-order valence-corrected chi connectivity index (χ3v) is 7.96. The molecule has 0 saturated carbocycles. The minimum atomic E-state index is -1.02. The van der Waals surface area contributed by atoms with Crippen LogP contribution in [0.25, 0.3) is 22.3 Å². The van der Waals surface area contributed by atoms with E-state index in [1.807, 2.05) is 45.9 Å². The molecule has 2 heterocycles. The van der Waals surface area contributed by atoms with Crippen molar-refractivity contribution in [3.05, 3.63) is 69.3 Å². The average molecular weight is 575 g/mol. The Hall–Kier alpha value is -3.88. The monoisotopic (exact) mass is 574 g/mol. The zero-order valence-electron chi connectivity index (χ0n) is 24.8. The van der Waals surface area contributed by atoms with Gasteiger partial charge in [0.2, 0.25) is 0 Å². The molecule has 8 nitrogen and oxygen atoms in total. The predicted octanol–water partition coefficient (Wildman–Crippen LogP) is 6.55. The molecular weight excluding hydrogens is 536 g/mol. The molecule has 2 unspecified atom stereocenters. The normalized spacial score (nSPS) is 17.2. The highest BCUT2D eigenvalue weighted by Crippen LogP contribution is 2.42. The van der Waals surface area contributed by atoms with Gasteiger partial charge in [0.25, 0.3) is 0 Å². The Bertz CT molecular complexity index is 1530. The molecule has 2 N–H and O–H groups in total. The number of aromatic carboxylic acids is 2. The average Bonchev–Trinajstić information content (AvgIpc) is 3.87. The van der Waals surface area contributed by atoms with Gasteiger partial charge in [-0.05, 0) is 91.6 Å². The maximum Gasteiger partial charge on any atom is 0.336 e. The van der Waals surface area contributed by atoms with Crippen LogP contribution in [-0.4, -0.2) is 60.8 Å². The van der Waals surface area contributed by atoms with Crippen LogP contribution in [0.3, 0.4) is 0 Å². The van der Waals surface area contributed by atoms with Gasteiger partial charge in [-0.2, -0.15) is 0 Å². The number of carboxylic acids is 2. The van der Waals surface area contributed by atoms with E-state index in [0.717, 1.165) is 51.8 Å². The molecule has 2 aliphatic rings. The number of hydrogen-bond acceptors (Lipinski definition) is 6. The molecule has 5 rings (SSSR count). The molecule has 2 aliphatic heterocycles. The fourth-order valence-corrected chi connectivity index (χ4v) is 5.68. The Balaban J connectivity index is 1.67. The standard InChI is InChI=1S/C34H38O8/c1-6-7-8-22-13-23(29-20(4)31(41-16-24-14-39-24)18(2)11-27(29)33(35)36)9-10-26(22)30-21(5)32(42-17-25-15-40-25)19(3)12-28(30)34(37)38/h9-13,24-25H,6-8,14-17H2,1-5H3,(H,35,36)(H,37,38). The van der Waals surface area contributed by atoms with Crippen LogP contribution in [0.4, 0.5) is 0 Å². The van der Waals surface area contributed by atoms with Gasteiger partial charge < -0.3 is 29.2 Å². The Morgan fingerprint density at radius 1 is 0.810 bits per heavy atom. The van der Waals surface area contributed by atoms with Gasteiger partial charge in [-0.3, -0.25) is 0 Å². The van der Waals surface area contributed by atoms with Crippen LogP contribution < -0.4 is 9.47 Å². The molecule has 8 heteroatoms. The van der Waals surface area contributed by atoms with Crippen LogP contribution in [0, 0.1) is 27.7 Å². The largest absolute Gasteiger partial charge is 0.490 e. The molecule has 0 radical (unpaired) electrons. The highest BCUT2D eigenvalue weighted by molar-refractivity contribution is 6.00. The lowest BCUT2D eigenvalue weighted by molar-refractivity contribution is 0.0686. The number of benzene rings is 3. The minimum Gasteiger partial charge on any atom is -0.490 e. The number of unbranched alkanes of at least 4 members (excludes halogenated alkanes) is 1. The van der Waals surface area contributed by atoms with Gasteiger partial charge in [0.05, 0.1) is 24.3 Å². The zero-order chi connectivity index (χ0) is 30.1. The van der Waals surface area contributed by atoms with E-state index in [1.165, 1.54) is 0 Å². The van der Waals surface area contributed by atoms with Crippen molar-refractivity contribution in [1.82, 2.24) is 0 Å². The number of carbonyl (C=O) groups is 2. The van der Waals surface area contributed by atoms with E-state index < -0.39 is 11.9 Å². The van der Waals surface area contributed by atoms with Gasteiger partial charge in [0.1, 0.15) is 36.9 Å². The summed E-state index contributed by atoms with van der Waals surface area (Å²) < 4.78 is 22.8. The lowest BCUT2D eigenvalue weighted by Crippen LogP contribution is -2.11. The summed E-state index contributed by atoms with van der Waals surface area (Å²) >= 11 is 0. The van der Waals surface area contributed by atoms with Gasteiger partial charge >= 0.3 is 11.9 Å². The van der Waals surface area contributed by atoms with E-state index in [2.05, 4.69) is 6.92 Å². The van der Waals surface area contributed by atoms with Crippen molar-refractivity contribution in [3.8, 4) is 33.8 Å². The Morgan fingerprint density at radius 3 is 1.79 bits per heavy atom. The molecule has 2 fully saturated rings. The van der Waals surface area contributed by atoms with Gasteiger partial charge in [-0.1, -0.05) is 31.5 Å². The van der Waals surface area contributed by atoms with E-state index in [1.54, 1.807) is 12.1 Å². The molecule has 42 heavy (non-hydrogen) atoms. The van der Waals surface area contributed by atoms with Crippen molar-refractivity contribution >= 4 is 11.9 Å². The van der Waals surface area contributed by atoms with Gasteiger partial charge in [0, 0.05) is 11.1 Å². The topological polar surface area (TPSA) is 118 Å². The van der Waals surface area contributed by atoms with Crippen LogP contribution in [0.15, 0.2) is 30.3 Å². The Labute approximate surface area is 246 Å². The first-order chi connectivity index (χ1) is 20.1. The number of hydrogen-bond donors (Lipinski definition) is 2. The van der Waals surface area contributed by atoms with Crippen LogP contribution in [0.5, 0.6) is 11.5 Å². The first kappa shape index (κ1) is 29.6. The molecule has 222 valence electrons. The van der Waals surface area contributed by atoms with E-state index >= 15 is 0 Å². The zero-order valence-corrected chi connectivity index (χ0v) is 24.8. The number of ether oxygens (including phenoxy) is 4. The van der Waals surface area contributed by atoms with Crippen molar-refractivity contribution in [1.29, 1.82) is 0 Å². The van der Waals surface area contributed by atoms with E-state index in [4.69, 9.17) is 18.9 Å². The molecule has 2 atom stereocenters. The third-order valence-electron chi connectivity index (χ3n) is 7.96. The Kier molecular flexibility index (Phi) is 8.57. The van der Waals surface area contributed by atoms with Crippen LogP contribution >= 0.6 is 0 Å². The summed E-state index contributed by atoms with van der Waals surface area (Å²) in [7, 11) is 0. The van der Waals surface area contributed by atoms with Crippen LogP contribution in [-0.2, 0) is 15.9 Å². The predicted molar refractivity (Wildman–Crippen MR) is 159 cm³/mol. The highest BCUT2D eigenvalue weighted by Gasteiger charge is 2.28. The Morgan fingerprint density at radius 2 is 1.31 bits per heavy atom. The third kappa shape index (κ3) is 6.15. The molecule has 2 saturated heterocycles. The molecule has 3 aromatic carbocycles.